The van der Waals surface area contributed by atoms with Crippen molar-refractivity contribution in [1.29, 1.82) is 0 Å². The maximum Gasteiger partial charge on any atom is 0.139 e. The molecular weight excluding hydrogens is 280 g/mol. The normalized spacial score (nSPS) is 10.8. The van der Waals surface area contributed by atoms with E-state index in [1.165, 1.54) is 10.1 Å². The van der Waals surface area contributed by atoms with Crippen LogP contribution in [0.15, 0.2) is 36.0 Å². The van der Waals surface area contributed by atoms with E-state index in [0.29, 0.717) is 0 Å². The fraction of sp³-hybridized carbons (Fsp3) is 0.250. The van der Waals surface area contributed by atoms with Crippen LogP contribution in [0, 0.1) is 0 Å². The molecule has 3 aromatic rings. The Kier molecular flexibility index (Phi) is 4.01. The smallest absolute Gasteiger partial charge is 0.139 e. The number of benzene rings is 1. The van der Waals surface area contributed by atoms with E-state index in [0.717, 1.165) is 35.9 Å². The van der Waals surface area contributed by atoms with Gasteiger partial charge in [0.2, 0.25) is 0 Å². The predicted octanol–water partition coefficient (Wildman–Crippen LogP) is 4.43. The fourth-order valence-electron chi connectivity index (χ4n) is 2.36. The highest BCUT2D eigenvalue weighted by Gasteiger charge is 2.09. The Morgan fingerprint density at radius 3 is 2.76 bits per heavy atom. The van der Waals surface area contributed by atoms with Crippen molar-refractivity contribution in [2.24, 2.45) is 0 Å². The second kappa shape index (κ2) is 6.10. The van der Waals surface area contributed by atoms with E-state index < -0.39 is 0 Å². The van der Waals surface area contributed by atoms with E-state index in [1.54, 1.807) is 17.7 Å². The molecule has 0 saturated heterocycles. The number of anilines is 3. The molecule has 3 rings (SSSR count). The Labute approximate surface area is 128 Å². The molecule has 5 heteroatoms. The van der Waals surface area contributed by atoms with Crippen LogP contribution in [0.25, 0.3) is 10.1 Å². The van der Waals surface area contributed by atoms with Gasteiger partial charge in [0.25, 0.3) is 0 Å². The molecule has 0 spiro atoms. The molecule has 108 valence electrons. The second-order valence-corrected chi connectivity index (χ2v) is 5.68. The molecular formula is C16H18N4S. The Bertz CT molecular complexity index is 751. The minimum Gasteiger partial charge on any atom is -0.370 e. The lowest BCUT2D eigenvalue weighted by Crippen LogP contribution is -2.07. The number of aromatic nitrogens is 2. The third-order valence-electron chi connectivity index (χ3n) is 3.36. The van der Waals surface area contributed by atoms with Crippen molar-refractivity contribution in [3.8, 4) is 0 Å². The van der Waals surface area contributed by atoms with Crippen molar-refractivity contribution in [2.75, 3.05) is 17.2 Å². The van der Waals surface area contributed by atoms with Crippen molar-refractivity contribution in [2.45, 2.75) is 20.3 Å². The third kappa shape index (κ3) is 2.83. The van der Waals surface area contributed by atoms with Gasteiger partial charge in [-0.05, 0) is 48.4 Å². The first kappa shape index (κ1) is 13.8. The second-order valence-electron chi connectivity index (χ2n) is 4.73. The highest BCUT2D eigenvalue weighted by molar-refractivity contribution is 7.17. The van der Waals surface area contributed by atoms with Gasteiger partial charge in [0, 0.05) is 22.5 Å². The number of nitrogens with zero attached hydrogens (tertiary/aromatic N) is 2. The first-order valence-electron chi connectivity index (χ1n) is 7.13. The van der Waals surface area contributed by atoms with Crippen LogP contribution in [-0.2, 0) is 6.42 Å². The number of nitrogens with one attached hydrogen (secondary N) is 2. The third-order valence-corrected chi connectivity index (χ3v) is 4.26. The van der Waals surface area contributed by atoms with Crippen molar-refractivity contribution in [3.63, 3.8) is 0 Å². The van der Waals surface area contributed by atoms with Crippen LogP contribution in [0.3, 0.4) is 0 Å². The number of thiophene rings is 1. The van der Waals surface area contributed by atoms with Crippen LogP contribution < -0.4 is 10.6 Å². The molecule has 0 bridgehead atoms. The summed E-state index contributed by atoms with van der Waals surface area (Å²) in [4.78, 5) is 8.72. The zero-order chi connectivity index (χ0) is 14.7. The van der Waals surface area contributed by atoms with Gasteiger partial charge in [0.15, 0.2) is 0 Å². The molecule has 4 nitrogen and oxygen atoms in total. The van der Waals surface area contributed by atoms with Crippen LogP contribution in [0.2, 0.25) is 0 Å². The van der Waals surface area contributed by atoms with E-state index in [1.807, 2.05) is 0 Å². The lowest BCUT2D eigenvalue weighted by Gasteiger charge is -2.13. The quantitative estimate of drug-likeness (QED) is 0.731. The molecule has 0 radical (unpaired) electrons. The van der Waals surface area contributed by atoms with Crippen LogP contribution in [-0.4, -0.2) is 16.5 Å². The van der Waals surface area contributed by atoms with Gasteiger partial charge in [0.05, 0.1) is 0 Å². The summed E-state index contributed by atoms with van der Waals surface area (Å²) in [5.41, 5.74) is 2.17. The zero-order valence-electron chi connectivity index (χ0n) is 12.2. The summed E-state index contributed by atoms with van der Waals surface area (Å²) in [5.74, 6) is 1.78. The highest BCUT2D eigenvalue weighted by Crippen LogP contribution is 2.28. The Morgan fingerprint density at radius 1 is 1.10 bits per heavy atom. The predicted molar refractivity (Wildman–Crippen MR) is 90.7 cm³/mol. The maximum atomic E-state index is 4.40. The molecule has 0 amide bonds. The number of rotatable bonds is 5. The fourth-order valence-corrected chi connectivity index (χ4v) is 3.13. The van der Waals surface area contributed by atoms with Gasteiger partial charge in [-0.2, -0.15) is 0 Å². The van der Waals surface area contributed by atoms with Gasteiger partial charge in [-0.1, -0.05) is 6.92 Å². The van der Waals surface area contributed by atoms with Crippen LogP contribution in [0.1, 0.15) is 19.4 Å². The van der Waals surface area contributed by atoms with Gasteiger partial charge in [-0.25, -0.2) is 9.97 Å². The molecule has 2 aromatic heterocycles. The molecule has 2 N–H and O–H groups in total. The minimum atomic E-state index is 0.852. The number of fused-ring (bicyclic) bond motifs is 1. The molecule has 0 aliphatic carbocycles. The zero-order valence-corrected chi connectivity index (χ0v) is 13.0. The van der Waals surface area contributed by atoms with Gasteiger partial charge >= 0.3 is 0 Å². The average Bonchev–Trinajstić information content (AvgIpc) is 2.95. The lowest BCUT2D eigenvalue weighted by atomic mass is 10.2. The minimum absolute atomic E-state index is 0.852. The Hall–Kier alpha value is -2.14. The summed E-state index contributed by atoms with van der Waals surface area (Å²) in [6.45, 7) is 5.04. The van der Waals surface area contributed by atoms with Gasteiger partial charge in [0.1, 0.15) is 18.0 Å². The van der Waals surface area contributed by atoms with E-state index in [4.69, 9.17) is 0 Å². The van der Waals surface area contributed by atoms with Crippen LogP contribution in [0.4, 0.5) is 17.3 Å². The first-order valence-corrected chi connectivity index (χ1v) is 8.01. The van der Waals surface area contributed by atoms with Crippen LogP contribution >= 0.6 is 11.3 Å². The van der Waals surface area contributed by atoms with Crippen molar-refractivity contribution >= 4 is 38.7 Å². The standard InChI is InChI=1S/C16H18N4S/c1-3-13-15(17-4-2)18-10-19-16(13)20-12-5-6-14-11(9-12)7-8-21-14/h5-10H,3-4H2,1-2H3,(H2,17,18,19,20). The molecule has 0 aliphatic rings. The summed E-state index contributed by atoms with van der Waals surface area (Å²) in [7, 11) is 0. The molecule has 21 heavy (non-hydrogen) atoms. The number of hydrogen-bond donors (Lipinski definition) is 2. The average molecular weight is 298 g/mol. The van der Waals surface area contributed by atoms with Gasteiger partial charge in [-0.15, -0.1) is 11.3 Å². The molecule has 0 fully saturated rings. The van der Waals surface area contributed by atoms with Crippen molar-refractivity contribution in [1.82, 2.24) is 9.97 Å². The molecule has 0 unspecified atom stereocenters. The monoisotopic (exact) mass is 298 g/mol. The summed E-state index contributed by atoms with van der Waals surface area (Å²) in [6.07, 6.45) is 2.48. The molecule has 1 aromatic carbocycles. The molecule has 0 saturated carbocycles. The van der Waals surface area contributed by atoms with Gasteiger partial charge < -0.3 is 10.6 Å². The maximum absolute atomic E-state index is 4.40. The van der Waals surface area contributed by atoms with E-state index >= 15 is 0 Å². The van der Waals surface area contributed by atoms with Gasteiger partial charge in [-0.3, -0.25) is 0 Å². The summed E-state index contributed by atoms with van der Waals surface area (Å²) in [6, 6.07) is 8.52. The Morgan fingerprint density at radius 2 is 1.95 bits per heavy atom. The van der Waals surface area contributed by atoms with Crippen molar-refractivity contribution in [3.05, 3.63) is 41.5 Å². The van der Waals surface area contributed by atoms with Crippen molar-refractivity contribution < 1.29 is 0 Å². The summed E-state index contributed by atoms with van der Waals surface area (Å²) >= 11 is 1.76. The van der Waals surface area contributed by atoms with E-state index in [-0.39, 0.29) is 0 Å². The highest BCUT2D eigenvalue weighted by atomic mass is 32.1. The topological polar surface area (TPSA) is 49.8 Å². The largest absolute Gasteiger partial charge is 0.370 e. The molecule has 0 atom stereocenters. The SMILES string of the molecule is CCNc1ncnc(Nc2ccc3sccc3c2)c1CC. The first-order chi connectivity index (χ1) is 10.3. The summed E-state index contributed by atoms with van der Waals surface area (Å²) < 4.78 is 1.30. The lowest BCUT2D eigenvalue weighted by molar-refractivity contribution is 1.03. The number of hydrogen-bond acceptors (Lipinski definition) is 5. The van der Waals surface area contributed by atoms with E-state index in [2.05, 4.69) is 64.1 Å². The molecule has 2 heterocycles. The Balaban J connectivity index is 1.94. The molecule has 0 aliphatic heterocycles. The summed E-state index contributed by atoms with van der Waals surface area (Å²) in [5, 5.41) is 10.1. The van der Waals surface area contributed by atoms with Crippen LogP contribution in [0.5, 0.6) is 0 Å². The van der Waals surface area contributed by atoms with E-state index in [9.17, 15) is 0 Å².